The molecule has 0 saturated carbocycles. The maximum atomic E-state index is 4.80. The van der Waals surface area contributed by atoms with Gasteiger partial charge in [0, 0.05) is 24.3 Å². The van der Waals surface area contributed by atoms with Crippen LogP contribution in [0.1, 0.15) is 23.7 Å². The van der Waals surface area contributed by atoms with Crippen LogP contribution in [-0.4, -0.2) is 23.0 Å². The summed E-state index contributed by atoms with van der Waals surface area (Å²) >= 11 is 0. The minimum absolute atomic E-state index is 1.06. The van der Waals surface area contributed by atoms with Gasteiger partial charge in [-0.3, -0.25) is 9.88 Å². The summed E-state index contributed by atoms with van der Waals surface area (Å²) in [5.74, 6) is 0. The second-order valence-corrected chi connectivity index (χ2v) is 5.22. The van der Waals surface area contributed by atoms with E-state index in [0.717, 1.165) is 25.2 Å². The van der Waals surface area contributed by atoms with Crippen LogP contribution in [0.15, 0.2) is 36.4 Å². The quantitative estimate of drug-likeness (QED) is 0.814. The Kier molecular flexibility index (Phi) is 3.34. The summed E-state index contributed by atoms with van der Waals surface area (Å²) in [6.07, 6.45) is 1.15. The van der Waals surface area contributed by atoms with E-state index in [1.54, 1.807) is 0 Å². The van der Waals surface area contributed by atoms with Crippen molar-refractivity contribution in [3.8, 4) is 11.3 Å². The summed E-state index contributed by atoms with van der Waals surface area (Å²) in [4.78, 5) is 7.28. The highest BCUT2D eigenvalue weighted by molar-refractivity contribution is 5.61. The highest BCUT2D eigenvalue weighted by Crippen LogP contribution is 2.26. The molecule has 2 nitrogen and oxygen atoms in total. The Balaban J connectivity index is 2.01. The monoisotopic (exact) mass is 252 g/mol. The van der Waals surface area contributed by atoms with Crippen molar-refractivity contribution in [2.75, 3.05) is 13.1 Å². The van der Waals surface area contributed by atoms with Gasteiger partial charge in [-0.15, -0.1) is 0 Å². The summed E-state index contributed by atoms with van der Waals surface area (Å²) in [5.41, 5.74) is 6.44. The van der Waals surface area contributed by atoms with Gasteiger partial charge in [-0.05, 0) is 37.1 Å². The largest absolute Gasteiger partial charge is 0.299 e. The number of pyridine rings is 1. The molecule has 0 saturated heterocycles. The van der Waals surface area contributed by atoms with E-state index in [0.29, 0.717) is 0 Å². The van der Waals surface area contributed by atoms with Crippen LogP contribution in [0.25, 0.3) is 11.3 Å². The van der Waals surface area contributed by atoms with Crippen molar-refractivity contribution in [1.82, 2.24) is 9.88 Å². The fourth-order valence-electron chi connectivity index (χ4n) is 2.81. The van der Waals surface area contributed by atoms with Crippen molar-refractivity contribution in [3.63, 3.8) is 0 Å². The van der Waals surface area contributed by atoms with Gasteiger partial charge < -0.3 is 0 Å². The zero-order valence-electron chi connectivity index (χ0n) is 11.7. The Morgan fingerprint density at radius 1 is 1.21 bits per heavy atom. The summed E-state index contributed by atoms with van der Waals surface area (Å²) < 4.78 is 0. The summed E-state index contributed by atoms with van der Waals surface area (Å²) in [7, 11) is 0. The molecule has 2 heterocycles. The number of rotatable bonds is 2. The average Bonchev–Trinajstić information content (AvgIpc) is 2.48. The molecular weight excluding hydrogens is 232 g/mol. The lowest BCUT2D eigenvalue weighted by Gasteiger charge is -2.28. The molecule has 2 heteroatoms. The second kappa shape index (κ2) is 5.14. The average molecular weight is 252 g/mol. The Morgan fingerprint density at radius 3 is 2.74 bits per heavy atom. The standard InChI is InChI=1S/C17H20N2/c1-3-19-10-9-15-11-17(14-7-5-4-6-8-14)18-13(2)16(15)12-19/h4-8,11H,3,9-10,12H2,1-2H3. The molecule has 0 amide bonds. The molecular formula is C17H20N2. The van der Waals surface area contributed by atoms with E-state index in [2.05, 4.69) is 49.1 Å². The van der Waals surface area contributed by atoms with Crippen molar-refractivity contribution in [2.45, 2.75) is 26.8 Å². The van der Waals surface area contributed by atoms with Gasteiger partial charge in [0.15, 0.2) is 0 Å². The summed E-state index contributed by atoms with van der Waals surface area (Å²) in [5, 5.41) is 0. The van der Waals surface area contributed by atoms with Crippen molar-refractivity contribution in [3.05, 3.63) is 53.2 Å². The number of benzene rings is 1. The number of fused-ring (bicyclic) bond motifs is 1. The third-order valence-electron chi connectivity index (χ3n) is 4.02. The minimum Gasteiger partial charge on any atom is -0.299 e. The predicted molar refractivity (Wildman–Crippen MR) is 79.1 cm³/mol. The molecule has 0 aliphatic carbocycles. The number of nitrogens with zero attached hydrogens (tertiary/aromatic N) is 2. The van der Waals surface area contributed by atoms with Crippen LogP contribution < -0.4 is 0 Å². The molecule has 98 valence electrons. The smallest absolute Gasteiger partial charge is 0.0708 e. The molecule has 0 fully saturated rings. The van der Waals surface area contributed by atoms with E-state index in [1.807, 2.05) is 6.07 Å². The molecule has 0 unspecified atom stereocenters. The highest BCUT2D eigenvalue weighted by Gasteiger charge is 2.18. The Morgan fingerprint density at radius 2 is 2.00 bits per heavy atom. The second-order valence-electron chi connectivity index (χ2n) is 5.22. The van der Waals surface area contributed by atoms with E-state index in [1.165, 1.54) is 28.9 Å². The van der Waals surface area contributed by atoms with Crippen molar-refractivity contribution in [1.29, 1.82) is 0 Å². The van der Waals surface area contributed by atoms with E-state index in [-0.39, 0.29) is 0 Å². The summed E-state index contributed by atoms with van der Waals surface area (Å²) in [6, 6.07) is 12.7. The first-order valence-electron chi connectivity index (χ1n) is 7.05. The molecule has 0 atom stereocenters. The first-order chi connectivity index (χ1) is 9.28. The molecule has 0 spiro atoms. The lowest BCUT2D eigenvalue weighted by molar-refractivity contribution is 0.267. The summed E-state index contributed by atoms with van der Waals surface area (Å²) in [6.45, 7) is 7.72. The lowest BCUT2D eigenvalue weighted by Crippen LogP contribution is -2.31. The van der Waals surface area contributed by atoms with Crippen LogP contribution in [0.4, 0.5) is 0 Å². The normalized spacial score (nSPS) is 15.3. The van der Waals surface area contributed by atoms with Gasteiger partial charge in [0.2, 0.25) is 0 Å². The van der Waals surface area contributed by atoms with Crippen molar-refractivity contribution in [2.24, 2.45) is 0 Å². The fourth-order valence-corrected chi connectivity index (χ4v) is 2.81. The number of hydrogen-bond donors (Lipinski definition) is 0. The van der Waals surface area contributed by atoms with E-state index < -0.39 is 0 Å². The maximum Gasteiger partial charge on any atom is 0.0708 e. The van der Waals surface area contributed by atoms with Crippen molar-refractivity contribution < 1.29 is 0 Å². The van der Waals surface area contributed by atoms with Gasteiger partial charge >= 0.3 is 0 Å². The highest BCUT2D eigenvalue weighted by atomic mass is 15.1. The van der Waals surface area contributed by atoms with E-state index in [9.17, 15) is 0 Å². The number of aromatic nitrogens is 1. The molecule has 1 aliphatic rings. The SMILES string of the molecule is CCN1CCc2cc(-c3ccccc3)nc(C)c2C1. The molecule has 2 aromatic rings. The number of aryl methyl sites for hydroxylation is 1. The minimum atomic E-state index is 1.06. The van der Waals surface area contributed by atoms with E-state index in [4.69, 9.17) is 4.98 Å². The molecule has 0 N–H and O–H groups in total. The van der Waals surface area contributed by atoms with Gasteiger partial charge in [0.1, 0.15) is 0 Å². The Hall–Kier alpha value is -1.67. The Labute approximate surface area is 115 Å². The number of hydrogen-bond acceptors (Lipinski definition) is 2. The molecule has 0 radical (unpaired) electrons. The van der Waals surface area contributed by atoms with Gasteiger partial charge in [0.25, 0.3) is 0 Å². The van der Waals surface area contributed by atoms with Gasteiger partial charge in [-0.25, -0.2) is 0 Å². The van der Waals surface area contributed by atoms with E-state index >= 15 is 0 Å². The third kappa shape index (κ3) is 2.41. The molecule has 3 rings (SSSR count). The predicted octanol–water partition coefficient (Wildman–Crippen LogP) is 3.44. The van der Waals surface area contributed by atoms with Crippen molar-refractivity contribution >= 4 is 0 Å². The fraction of sp³-hybridized carbons (Fsp3) is 0.353. The van der Waals surface area contributed by atoms with Crippen LogP contribution in [-0.2, 0) is 13.0 Å². The topological polar surface area (TPSA) is 16.1 Å². The van der Waals surface area contributed by atoms with Crippen LogP contribution in [0.3, 0.4) is 0 Å². The zero-order chi connectivity index (χ0) is 13.2. The molecule has 19 heavy (non-hydrogen) atoms. The molecule has 0 bridgehead atoms. The van der Waals surface area contributed by atoms with Gasteiger partial charge in [-0.2, -0.15) is 0 Å². The maximum absolute atomic E-state index is 4.80. The molecule has 1 aromatic heterocycles. The first-order valence-corrected chi connectivity index (χ1v) is 7.05. The van der Waals surface area contributed by atoms with Gasteiger partial charge in [0.05, 0.1) is 5.69 Å². The Bertz CT molecular complexity index is 575. The number of likely N-dealkylation sites (N-methyl/N-ethyl adjacent to an activating group) is 1. The van der Waals surface area contributed by atoms with Crippen LogP contribution in [0.2, 0.25) is 0 Å². The lowest BCUT2D eigenvalue weighted by atomic mass is 9.96. The van der Waals surface area contributed by atoms with Gasteiger partial charge in [-0.1, -0.05) is 37.3 Å². The van der Waals surface area contributed by atoms with Crippen LogP contribution in [0, 0.1) is 6.92 Å². The molecule has 1 aromatic carbocycles. The van der Waals surface area contributed by atoms with Crippen LogP contribution in [0.5, 0.6) is 0 Å². The first kappa shape index (κ1) is 12.4. The third-order valence-corrected chi connectivity index (χ3v) is 4.02. The molecule has 1 aliphatic heterocycles. The van der Waals surface area contributed by atoms with Crippen LogP contribution >= 0.6 is 0 Å². The zero-order valence-corrected chi connectivity index (χ0v) is 11.7.